The van der Waals surface area contributed by atoms with Crippen LogP contribution in [0.1, 0.15) is 6.42 Å². The Morgan fingerprint density at radius 2 is 2.50 bits per heavy atom. The highest BCUT2D eigenvalue weighted by molar-refractivity contribution is 14.1. The third kappa shape index (κ3) is 0.888. The van der Waals surface area contributed by atoms with Crippen LogP contribution in [0.3, 0.4) is 0 Å². The van der Waals surface area contributed by atoms with Crippen LogP contribution in [0, 0.1) is 0 Å². The number of halogens is 1. The molecule has 1 aliphatic rings. The number of hydrogen-bond acceptors (Lipinski definition) is 1. The van der Waals surface area contributed by atoms with Crippen molar-refractivity contribution in [3.8, 4) is 0 Å². The van der Waals surface area contributed by atoms with Crippen molar-refractivity contribution >= 4 is 28.7 Å². The summed E-state index contributed by atoms with van der Waals surface area (Å²) in [7, 11) is 0. The lowest BCUT2D eigenvalue weighted by atomic mass is 10.2. The van der Waals surface area contributed by atoms with Gasteiger partial charge in [0.15, 0.2) is 0 Å². The van der Waals surface area contributed by atoms with Gasteiger partial charge in [-0.05, 0) is 6.42 Å². The van der Waals surface area contributed by atoms with Gasteiger partial charge in [-0.3, -0.25) is 4.90 Å². The van der Waals surface area contributed by atoms with Gasteiger partial charge in [0.2, 0.25) is 0 Å². The van der Waals surface area contributed by atoms with Crippen LogP contribution in [0.4, 0.5) is 4.79 Å². The van der Waals surface area contributed by atoms with E-state index in [1.165, 1.54) is 4.90 Å². The summed E-state index contributed by atoms with van der Waals surface area (Å²) in [5.41, 5.74) is 0. The zero-order chi connectivity index (χ0) is 6.15. The molecule has 1 N–H and O–H groups in total. The van der Waals surface area contributed by atoms with Crippen molar-refractivity contribution in [3.63, 3.8) is 0 Å². The molecular weight excluding hydrogens is 221 g/mol. The van der Waals surface area contributed by atoms with Crippen LogP contribution in [0.15, 0.2) is 0 Å². The molecule has 0 aliphatic carbocycles. The predicted molar refractivity (Wildman–Crippen MR) is 37.2 cm³/mol. The Labute approximate surface area is 60.8 Å². The second kappa shape index (κ2) is 2.08. The first kappa shape index (κ1) is 6.12. The van der Waals surface area contributed by atoms with Crippen molar-refractivity contribution in [1.82, 2.24) is 4.90 Å². The maximum Gasteiger partial charge on any atom is 0.408 e. The van der Waals surface area contributed by atoms with Gasteiger partial charge in [-0.1, -0.05) is 22.6 Å². The molecule has 1 fully saturated rings. The van der Waals surface area contributed by atoms with Crippen molar-refractivity contribution in [2.75, 3.05) is 6.54 Å². The maximum atomic E-state index is 10.1. The highest BCUT2D eigenvalue weighted by atomic mass is 127. The Morgan fingerprint density at radius 1 is 1.88 bits per heavy atom. The van der Waals surface area contributed by atoms with E-state index in [0.717, 1.165) is 6.42 Å². The van der Waals surface area contributed by atoms with Crippen LogP contribution < -0.4 is 0 Å². The first-order chi connectivity index (χ1) is 3.72. The first-order valence-electron chi connectivity index (χ1n) is 2.35. The molecular formula is C4H6INO2. The Morgan fingerprint density at radius 3 is 2.50 bits per heavy atom. The van der Waals surface area contributed by atoms with Gasteiger partial charge in [-0.15, -0.1) is 0 Å². The van der Waals surface area contributed by atoms with Crippen LogP contribution in [-0.2, 0) is 0 Å². The second-order valence-electron chi connectivity index (χ2n) is 1.70. The number of hydrogen-bond donors (Lipinski definition) is 1. The molecule has 1 unspecified atom stereocenters. The van der Waals surface area contributed by atoms with Gasteiger partial charge in [0, 0.05) is 6.54 Å². The minimum Gasteiger partial charge on any atom is -0.465 e. The molecule has 46 valence electrons. The van der Waals surface area contributed by atoms with Gasteiger partial charge in [0.1, 0.15) is 0 Å². The molecule has 4 heteroatoms. The molecule has 1 atom stereocenters. The summed E-state index contributed by atoms with van der Waals surface area (Å²) in [6, 6.07) is 0. The third-order valence-corrected chi connectivity index (χ3v) is 2.49. The Bertz CT molecular complexity index is 117. The molecule has 0 bridgehead atoms. The Hall–Kier alpha value is 0. The fourth-order valence-electron chi connectivity index (χ4n) is 0.571. The highest BCUT2D eigenvalue weighted by Gasteiger charge is 2.28. The molecule has 1 rings (SSSR count). The molecule has 1 amide bonds. The molecule has 0 aromatic rings. The Kier molecular flexibility index (Phi) is 1.59. The highest BCUT2D eigenvalue weighted by Crippen LogP contribution is 2.22. The first-order valence-corrected chi connectivity index (χ1v) is 3.60. The number of nitrogens with zero attached hydrogens (tertiary/aromatic N) is 1. The number of carbonyl (C=O) groups is 1. The summed E-state index contributed by atoms with van der Waals surface area (Å²) in [4.78, 5) is 11.5. The molecule has 3 nitrogen and oxygen atoms in total. The average molecular weight is 227 g/mol. The number of likely N-dealkylation sites (tertiary alicyclic amines) is 1. The topological polar surface area (TPSA) is 40.5 Å². The summed E-state index contributed by atoms with van der Waals surface area (Å²) >= 11 is 2.12. The summed E-state index contributed by atoms with van der Waals surface area (Å²) in [5.74, 6) is 0. The third-order valence-electron chi connectivity index (χ3n) is 1.19. The van der Waals surface area contributed by atoms with Gasteiger partial charge in [0.05, 0.1) is 4.05 Å². The van der Waals surface area contributed by atoms with E-state index in [4.69, 9.17) is 5.11 Å². The van der Waals surface area contributed by atoms with Gasteiger partial charge in [-0.2, -0.15) is 0 Å². The van der Waals surface area contributed by atoms with Crippen molar-refractivity contribution in [3.05, 3.63) is 0 Å². The average Bonchev–Trinajstić information content (AvgIpc) is 1.61. The number of amides is 1. The largest absolute Gasteiger partial charge is 0.465 e. The summed E-state index contributed by atoms with van der Waals surface area (Å²) in [6.07, 6.45) is 0.211. The maximum absolute atomic E-state index is 10.1. The van der Waals surface area contributed by atoms with E-state index < -0.39 is 6.09 Å². The van der Waals surface area contributed by atoms with Crippen molar-refractivity contribution in [1.29, 1.82) is 0 Å². The lowest BCUT2D eigenvalue weighted by Crippen LogP contribution is -2.46. The van der Waals surface area contributed by atoms with E-state index in [9.17, 15) is 4.79 Å². The molecule has 0 spiro atoms. The summed E-state index contributed by atoms with van der Waals surface area (Å²) in [6.45, 7) is 0.711. The second-order valence-corrected chi connectivity index (χ2v) is 3.14. The van der Waals surface area contributed by atoms with E-state index in [2.05, 4.69) is 22.6 Å². The Balaban J connectivity index is 2.37. The predicted octanol–water partition coefficient (Wildman–Crippen LogP) is 1.13. The molecule has 0 aromatic heterocycles. The minimum absolute atomic E-state index is 0.227. The van der Waals surface area contributed by atoms with Crippen LogP contribution in [0.5, 0.6) is 0 Å². The van der Waals surface area contributed by atoms with E-state index in [1.807, 2.05) is 0 Å². The van der Waals surface area contributed by atoms with Gasteiger partial charge in [0.25, 0.3) is 0 Å². The summed E-state index contributed by atoms with van der Waals surface area (Å²) < 4.78 is 0.227. The fourth-order valence-corrected chi connectivity index (χ4v) is 1.37. The van der Waals surface area contributed by atoms with Gasteiger partial charge < -0.3 is 5.11 Å². The smallest absolute Gasteiger partial charge is 0.408 e. The van der Waals surface area contributed by atoms with E-state index in [-0.39, 0.29) is 4.05 Å². The molecule has 8 heavy (non-hydrogen) atoms. The molecule has 0 radical (unpaired) electrons. The van der Waals surface area contributed by atoms with Crippen molar-refractivity contribution < 1.29 is 9.90 Å². The standard InChI is InChI=1S/C4H6INO2/c5-3-1-2-6(3)4(7)8/h3H,1-2H2,(H,7,8). The number of carboxylic acid groups (broad SMARTS) is 1. The molecule has 1 saturated heterocycles. The number of rotatable bonds is 0. The molecule has 1 aliphatic heterocycles. The molecule has 0 saturated carbocycles. The zero-order valence-electron chi connectivity index (χ0n) is 4.17. The van der Waals surface area contributed by atoms with E-state index in [1.54, 1.807) is 0 Å². The fraction of sp³-hybridized carbons (Fsp3) is 0.750. The minimum atomic E-state index is -0.796. The van der Waals surface area contributed by atoms with Crippen LogP contribution in [-0.4, -0.2) is 26.7 Å². The SMILES string of the molecule is O=C(O)N1CCC1I. The van der Waals surface area contributed by atoms with Gasteiger partial charge >= 0.3 is 6.09 Å². The van der Waals surface area contributed by atoms with Gasteiger partial charge in [-0.25, -0.2) is 4.79 Å². The van der Waals surface area contributed by atoms with Crippen LogP contribution in [0.2, 0.25) is 0 Å². The summed E-state index contributed by atoms with van der Waals surface area (Å²) in [5, 5.41) is 8.32. The normalized spacial score (nSPS) is 27.1. The number of alkyl halides is 1. The quantitative estimate of drug-likeness (QED) is 0.383. The lowest BCUT2D eigenvalue weighted by molar-refractivity contribution is 0.112. The van der Waals surface area contributed by atoms with Crippen LogP contribution in [0.25, 0.3) is 0 Å². The van der Waals surface area contributed by atoms with Crippen molar-refractivity contribution in [2.45, 2.75) is 10.5 Å². The van der Waals surface area contributed by atoms with E-state index in [0.29, 0.717) is 6.54 Å². The van der Waals surface area contributed by atoms with Crippen LogP contribution >= 0.6 is 22.6 Å². The lowest BCUT2D eigenvalue weighted by Gasteiger charge is -2.34. The molecule has 0 aromatic carbocycles. The molecule has 1 heterocycles. The van der Waals surface area contributed by atoms with E-state index >= 15 is 0 Å². The monoisotopic (exact) mass is 227 g/mol. The van der Waals surface area contributed by atoms with Crippen molar-refractivity contribution in [2.24, 2.45) is 0 Å². The zero-order valence-corrected chi connectivity index (χ0v) is 6.33.